The van der Waals surface area contributed by atoms with Crippen molar-refractivity contribution in [3.63, 3.8) is 0 Å². The van der Waals surface area contributed by atoms with Crippen molar-refractivity contribution in [2.24, 2.45) is 5.73 Å². The molecule has 3 nitrogen and oxygen atoms in total. The molecule has 0 aliphatic rings. The molecule has 0 fully saturated rings. The number of hydrogen-bond donors (Lipinski definition) is 1. The molecule has 2 aromatic rings. The van der Waals surface area contributed by atoms with Crippen LogP contribution in [0, 0.1) is 0 Å². The largest absolute Gasteiger partial charge is 0.490 e. The Morgan fingerprint density at radius 3 is 2.11 bits per heavy atom. The summed E-state index contributed by atoms with van der Waals surface area (Å²) in [5.41, 5.74) is 7.17. The fourth-order valence-electron chi connectivity index (χ4n) is 1.82. The van der Waals surface area contributed by atoms with Crippen LogP contribution in [0.4, 0.5) is 0 Å². The molecule has 0 aliphatic carbocycles. The normalized spacial score (nSPS) is 11.9. The number of nitrogens with two attached hydrogens (primary N) is 1. The second kappa shape index (κ2) is 6.81. The first-order valence-corrected chi connectivity index (χ1v) is 6.46. The van der Waals surface area contributed by atoms with Crippen molar-refractivity contribution in [1.29, 1.82) is 0 Å². The molecule has 3 heteroatoms. The van der Waals surface area contributed by atoms with Gasteiger partial charge in [-0.3, -0.25) is 0 Å². The molecule has 2 rings (SSSR count). The van der Waals surface area contributed by atoms with Gasteiger partial charge < -0.3 is 15.2 Å². The second-order valence-corrected chi connectivity index (χ2v) is 4.21. The first-order valence-electron chi connectivity index (χ1n) is 6.46. The van der Waals surface area contributed by atoms with E-state index in [0.29, 0.717) is 13.2 Å². The van der Waals surface area contributed by atoms with Gasteiger partial charge in [0, 0.05) is 0 Å². The Labute approximate surface area is 114 Å². The van der Waals surface area contributed by atoms with Crippen molar-refractivity contribution in [3.05, 3.63) is 60.2 Å². The van der Waals surface area contributed by atoms with E-state index in [9.17, 15) is 0 Å². The Balaban J connectivity index is 1.99. The molecule has 1 unspecified atom stereocenters. The lowest BCUT2D eigenvalue weighted by molar-refractivity contribution is 0.261. The lowest BCUT2D eigenvalue weighted by atomic mass is 10.1. The predicted molar refractivity (Wildman–Crippen MR) is 76.5 cm³/mol. The van der Waals surface area contributed by atoms with Crippen molar-refractivity contribution >= 4 is 0 Å². The third-order valence-electron chi connectivity index (χ3n) is 2.80. The fourth-order valence-corrected chi connectivity index (χ4v) is 1.82. The van der Waals surface area contributed by atoms with Gasteiger partial charge in [-0.25, -0.2) is 0 Å². The molecular formula is C16H19NO2. The van der Waals surface area contributed by atoms with Crippen LogP contribution in [0.2, 0.25) is 0 Å². The summed E-state index contributed by atoms with van der Waals surface area (Å²) in [6.45, 7) is 2.99. The van der Waals surface area contributed by atoms with Gasteiger partial charge >= 0.3 is 0 Å². The average Bonchev–Trinajstić information content (AvgIpc) is 2.47. The molecule has 0 aliphatic heterocycles. The van der Waals surface area contributed by atoms with Gasteiger partial charge in [0.25, 0.3) is 0 Å². The van der Waals surface area contributed by atoms with E-state index >= 15 is 0 Å². The van der Waals surface area contributed by atoms with E-state index in [1.165, 1.54) is 0 Å². The molecule has 0 heterocycles. The maximum Gasteiger partial charge on any atom is 0.161 e. The Kier molecular flexibility index (Phi) is 4.81. The summed E-state index contributed by atoms with van der Waals surface area (Å²) in [4.78, 5) is 0. The van der Waals surface area contributed by atoms with Crippen molar-refractivity contribution in [1.82, 2.24) is 0 Å². The molecule has 2 aromatic carbocycles. The van der Waals surface area contributed by atoms with Crippen LogP contribution in [0.3, 0.4) is 0 Å². The maximum atomic E-state index is 6.10. The molecular weight excluding hydrogens is 238 g/mol. The minimum atomic E-state index is -0.143. The highest BCUT2D eigenvalue weighted by molar-refractivity contribution is 5.39. The zero-order valence-electron chi connectivity index (χ0n) is 11.1. The van der Waals surface area contributed by atoms with Gasteiger partial charge in [0.05, 0.1) is 12.6 Å². The topological polar surface area (TPSA) is 44.5 Å². The van der Waals surface area contributed by atoms with E-state index in [-0.39, 0.29) is 6.04 Å². The molecule has 0 radical (unpaired) electrons. The van der Waals surface area contributed by atoms with Crippen LogP contribution in [0.5, 0.6) is 11.5 Å². The summed E-state index contributed by atoms with van der Waals surface area (Å²) in [5.74, 6) is 1.49. The number of ether oxygens (including phenoxy) is 2. The van der Waals surface area contributed by atoms with Gasteiger partial charge in [-0.05, 0) is 24.6 Å². The predicted octanol–water partition coefficient (Wildman–Crippen LogP) is 3.16. The molecule has 1 atom stereocenters. The van der Waals surface area contributed by atoms with Gasteiger partial charge in [-0.15, -0.1) is 0 Å². The molecule has 19 heavy (non-hydrogen) atoms. The van der Waals surface area contributed by atoms with Crippen LogP contribution >= 0.6 is 0 Å². The average molecular weight is 257 g/mol. The van der Waals surface area contributed by atoms with E-state index in [1.54, 1.807) is 0 Å². The molecule has 0 bridgehead atoms. The summed E-state index contributed by atoms with van der Waals surface area (Å²) in [5, 5.41) is 0. The van der Waals surface area contributed by atoms with Crippen molar-refractivity contribution < 1.29 is 9.47 Å². The Hall–Kier alpha value is -2.00. The van der Waals surface area contributed by atoms with E-state index in [1.807, 2.05) is 61.5 Å². The third kappa shape index (κ3) is 3.73. The van der Waals surface area contributed by atoms with E-state index < -0.39 is 0 Å². The monoisotopic (exact) mass is 257 g/mol. The van der Waals surface area contributed by atoms with Crippen LogP contribution in [-0.2, 0) is 0 Å². The summed E-state index contributed by atoms with van der Waals surface area (Å²) in [7, 11) is 0. The maximum absolute atomic E-state index is 6.10. The highest BCUT2D eigenvalue weighted by Crippen LogP contribution is 2.27. The van der Waals surface area contributed by atoms with E-state index in [0.717, 1.165) is 17.1 Å². The number of para-hydroxylation sites is 2. The van der Waals surface area contributed by atoms with Gasteiger partial charge in [-0.2, -0.15) is 0 Å². The molecule has 0 saturated carbocycles. The summed E-state index contributed by atoms with van der Waals surface area (Å²) < 4.78 is 11.3. The van der Waals surface area contributed by atoms with E-state index in [4.69, 9.17) is 15.2 Å². The Bertz CT molecular complexity index is 499. The first-order chi connectivity index (χ1) is 9.31. The minimum absolute atomic E-state index is 0.143. The van der Waals surface area contributed by atoms with Crippen LogP contribution in [0.25, 0.3) is 0 Å². The number of benzene rings is 2. The smallest absolute Gasteiger partial charge is 0.161 e. The zero-order valence-corrected chi connectivity index (χ0v) is 11.1. The molecule has 100 valence electrons. The van der Waals surface area contributed by atoms with E-state index in [2.05, 4.69) is 0 Å². The van der Waals surface area contributed by atoms with Gasteiger partial charge in [0.15, 0.2) is 11.5 Å². The molecule has 0 amide bonds. The lowest BCUT2D eigenvalue weighted by Crippen LogP contribution is -2.19. The van der Waals surface area contributed by atoms with Crippen LogP contribution in [0.15, 0.2) is 54.6 Å². The Morgan fingerprint density at radius 1 is 0.895 bits per heavy atom. The molecule has 0 aromatic heterocycles. The number of hydrogen-bond acceptors (Lipinski definition) is 3. The van der Waals surface area contributed by atoms with Crippen molar-refractivity contribution in [2.45, 2.75) is 13.0 Å². The SMILES string of the molecule is CCOc1ccccc1OCC(N)c1ccccc1. The highest BCUT2D eigenvalue weighted by Gasteiger charge is 2.08. The van der Waals surface area contributed by atoms with Gasteiger partial charge in [0.2, 0.25) is 0 Å². The minimum Gasteiger partial charge on any atom is -0.490 e. The molecule has 0 spiro atoms. The standard InChI is InChI=1S/C16H19NO2/c1-2-18-15-10-6-7-11-16(15)19-12-14(17)13-8-4-3-5-9-13/h3-11,14H,2,12,17H2,1H3. The zero-order chi connectivity index (χ0) is 13.5. The summed E-state index contributed by atoms with van der Waals surface area (Å²) >= 11 is 0. The van der Waals surface area contributed by atoms with Crippen molar-refractivity contribution in [3.8, 4) is 11.5 Å². The second-order valence-electron chi connectivity index (χ2n) is 4.21. The fraction of sp³-hybridized carbons (Fsp3) is 0.250. The third-order valence-corrected chi connectivity index (χ3v) is 2.80. The lowest BCUT2D eigenvalue weighted by Gasteiger charge is -2.15. The van der Waals surface area contributed by atoms with Gasteiger partial charge in [-0.1, -0.05) is 42.5 Å². The highest BCUT2D eigenvalue weighted by atomic mass is 16.5. The van der Waals surface area contributed by atoms with Gasteiger partial charge in [0.1, 0.15) is 6.61 Å². The summed E-state index contributed by atoms with van der Waals surface area (Å²) in [6, 6.07) is 17.4. The van der Waals surface area contributed by atoms with Crippen molar-refractivity contribution in [2.75, 3.05) is 13.2 Å². The summed E-state index contributed by atoms with van der Waals surface area (Å²) in [6.07, 6.45) is 0. The molecule has 2 N–H and O–H groups in total. The molecule has 0 saturated heterocycles. The van der Waals surface area contributed by atoms with Crippen LogP contribution < -0.4 is 15.2 Å². The Morgan fingerprint density at radius 2 is 1.47 bits per heavy atom. The first kappa shape index (κ1) is 13.4. The van der Waals surface area contributed by atoms with Crippen LogP contribution in [-0.4, -0.2) is 13.2 Å². The van der Waals surface area contributed by atoms with Crippen LogP contribution in [0.1, 0.15) is 18.5 Å². The quantitative estimate of drug-likeness (QED) is 0.864. The number of rotatable bonds is 6.